The molecule has 0 N–H and O–H groups in total. The van der Waals surface area contributed by atoms with Gasteiger partial charge >= 0.3 is 0 Å². The molecule has 11 aromatic carbocycles. The van der Waals surface area contributed by atoms with Crippen LogP contribution in [0.1, 0.15) is 0 Å². The van der Waals surface area contributed by atoms with Gasteiger partial charge in [0, 0.05) is 23.2 Å². The zero-order chi connectivity index (χ0) is 50.2. The lowest BCUT2D eigenvalue weighted by molar-refractivity contribution is 1.37. The van der Waals surface area contributed by atoms with Crippen molar-refractivity contribution in [1.29, 1.82) is 0 Å². The van der Waals surface area contributed by atoms with E-state index in [1.807, 2.05) is 12.4 Å². The maximum Gasteiger partial charge on any atom is 0.180 e. The average Bonchev–Trinajstić information content (AvgIpc) is 4.16. The first-order valence-corrected chi connectivity index (χ1v) is 30.3. The van der Waals surface area contributed by atoms with Gasteiger partial charge in [0.2, 0.25) is 0 Å². The van der Waals surface area contributed by atoms with E-state index >= 15 is 0 Å². The fraction of sp³-hybridized carbons (Fsp3) is 0. The summed E-state index contributed by atoms with van der Waals surface area (Å²) in [6, 6.07) is 104. The number of fused-ring (bicyclic) bond motifs is 9. The fourth-order valence-electron chi connectivity index (χ4n) is 13.3. The number of benzene rings is 11. The van der Waals surface area contributed by atoms with E-state index < -0.39 is 16.1 Å². The summed E-state index contributed by atoms with van der Waals surface area (Å²) in [6.45, 7) is 0. The van der Waals surface area contributed by atoms with Gasteiger partial charge in [0.25, 0.3) is 0 Å². The Bertz CT molecular complexity index is 4010. The van der Waals surface area contributed by atoms with Crippen molar-refractivity contribution in [3.8, 4) is 66.8 Å². The number of aromatic nitrogens is 2. The molecule has 0 fully saturated rings. The third-order valence-corrected chi connectivity index (χ3v) is 26.4. The SMILES string of the molecule is c1ccc([Si]2(c3ccccc3)c3ccccc3-c3cc(-c4ccc(-c5ccnc6c5ccc5c(-c7ccc(-c8ccc9c(c8)-c8ccccc8[Si]9(c8ccccc8)c8ccccc8)cc7)ccnc56)cc4)ccc32)cc1. The Labute approximate surface area is 445 Å². The Morgan fingerprint density at radius 3 is 0.882 bits per heavy atom. The number of pyridine rings is 2. The standard InChI is InChI=1S/C72H48N2Si2/c1-5-17-55(18-6-1)75(56-19-7-2-8-20-56)67-27-15-13-25-61(67)65-47-53(37-41-69(65)75)49-29-33-51(34-30-49)59-43-45-73-71-63(59)39-40-64-60(44-46-74-72(64)71)52-35-31-50(32-36-52)54-38-42-70-66(48-54)62-26-14-16-28-68(62)76(70,57-21-9-3-10-22-57)58-23-11-4-12-24-58/h1-48H. The number of hydrogen-bond donors (Lipinski definition) is 0. The lowest BCUT2D eigenvalue weighted by atomic mass is 9.94. The van der Waals surface area contributed by atoms with Crippen molar-refractivity contribution >= 4 is 79.4 Å². The molecular formula is C72H48N2Si2. The highest BCUT2D eigenvalue weighted by molar-refractivity contribution is 7.23. The third-order valence-electron chi connectivity index (χ3n) is 16.6. The van der Waals surface area contributed by atoms with Crippen LogP contribution in [0.5, 0.6) is 0 Å². The van der Waals surface area contributed by atoms with Crippen LogP contribution in [0.4, 0.5) is 0 Å². The molecule has 0 aliphatic carbocycles. The van der Waals surface area contributed by atoms with E-state index in [1.165, 1.54) is 86.0 Å². The predicted octanol–water partition coefficient (Wildman–Crippen LogP) is 12.2. The average molecular weight is 997 g/mol. The van der Waals surface area contributed by atoms with Crippen molar-refractivity contribution in [3.63, 3.8) is 0 Å². The molecule has 0 saturated heterocycles. The van der Waals surface area contributed by atoms with Gasteiger partial charge in [0.15, 0.2) is 16.1 Å². The zero-order valence-corrected chi connectivity index (χ0v) is 43.6. The van der Waals surface area contributed by atoms with Crippen molar-refractivity contribution in [3.05, 3.63) is 291 Å². The molecule has 354 valence electrons. The molecule has 15 rings (SSSR count). The summed E-state index contributed by atoms with van der Waals surface area (Å²) < 4.78 is 0. The molecule has 0 amide bonds. The topological polar surface area (TPSA) is 25.8 Å². The Hall–Kier alpha value is -9.33. The zero-order valence-electron chi connectivity index (χ0n) is 41.6. The Kier molecular flexibility index (Phi) is 10.3. The molecule has 2 aliphatic rings. The summed E-state index contributed by atoms with van der Waals surface area (Å²) in [5.74, 6) is 0. The van der Waals surface area contributed by atoms with Gasteiger partial charge in [-0.2, -0.15) is 0 Å². The minimum Gasteiger partial charge on any atom is -0.254 e. The second-order valence-corrected chi connectivity index (χ2v) is 27.8. The van der Waals surface area contributed by atoms with E-state index in [4.69, 9.17) is 9.97 Å². The monoisotopic (exact) mass is 996 g/mol. The summed E-state index contributed by atoms with van der Waals surface area (Å²) in [5, 5.41) is 13.7. The molecule has 2 nitrogen and oxygen atoms in total. The van der Waals surface area contributed by atoms with E-state index in [9.17, 15) is 0 Å². The van der Waals surface area contributed by atoms with Crippen molar-refractivity contribution in [1.82, 2.24) is 9.97 Å². The van der Waals surface area contributed by atoms with Gasteiger partial charge in [-0.15, -0.1) is 0 Å². The van der Waals surface area contributed by atoms with Crippen LogP contribution in [0.2, 0.25) is 0 Å². The van der Waals surface area contributed by atoms with Crippen LogP contribution in [0.25, 0.3) is 88.6 Å². The van der Waals surface area contributed by atoms with Crippen LogP contribution in [0.15, 0.2) is 291 Å². The fourth-order valence-corrected chi connectivity index (χ4v) is 23.6. The number of rotatable bonds is 8. The van der Waals surface area contributed by atoms with E-state index in [2.05, 4.69) is 279 Å². The second kappa shape index (κ2) is 17.7. The van der Waals surface area contributed by atoms with Gasteiger partial charge in [-0.05, 0) is 133 Å². The summed E-state index contributed by atoms with van der Waals surface area (Å²) in [4.78, 5) is 9.99. The normalized spacial score (nSPS) is 13.5. The van der Waals surface area contributed by atoms with Crippen molar-refractivity contribution < 1.29 is 0 Å². The lowest BCUT2D eigenvalue weighted by Crippen LogP contribution is -2.72. The third kappa shape index (κ3) is 6.58. The second-order valence-electron chi connectivity index (χ2n) is 20.3. The molecule has 0 spiro atoms. The van der Waals surface area contributed by atoms with Gasteiger partial charge < -0.3 is 0 Å². The molecular weight excluding hydrogens is 949 g/mol. The Morgan fingerprint density at radius 1 is 0.211 bits per heavy atom. The van der Waals surface area contributed by atoms with Crippen LogP contribution < -0.4 is 41.5 Å². The van der Waals surface area contributed by atoms with E-state index in [1.54, 1.807) is 0 Å². The van der Waals surface area contributed by atoms with Crippen LogP contribution in [0, 0.1) is 0 Å². The largest absolute Gasteiger partial charge is 0.254 e. The van der Waals surface area contributed by atoms with Gasteiger partial charge in [-0.3, -0.25) is 9.97 Å². The maximum atomic E-state index is 4.99. The molecule has 13 aromatic rings. The maximum absolute atomic E-state index is 4.99. The molecule has 76 heavy (non-hydrogen) atoms. The van der Waals surface area contributed by atoms with Crippen LogP contribution in [0.3, 0.4) is 0 Å². The molecule has 0 unspecified atom stereocenters. The molecule has 2 aliphatic heterocycles. The van der Waals surface area contributed by atoms with E-state index in [0.717, 1.165) is 44.1 Å². The summed E-state index contributed by atoms with van der Waals surface area (Å²) in [6.07, 6.45) is 3.87. The summed E-state index contributed by atoms with van der Waals surface area (Å²) in [5.41, 5.74) is 16.6. The lowest BCUT2D eigenvalue weighted by Gasteiger charge is -2.31. The first kappa shape index (κ1) is 44.2. The van der Waals surface area contributed by atoms with Crippen LogP contribution in [-0.2, 0) is 0 Å². The summed E-state index contributed by atoms with van der Waals surface area (Å²) >= 11 is 0. The van der Waals surface area contributed by atoms with E-state index in [-0.39, 0.29) is 0 Å². The first-order chi connectivity index (χ1) is 37.7. The molecule has 4 heterocycles. The van der Waals surface area contributed by atoms with Gasteiger partial charge in [0.1, 0.15) is 0 Å². The smallest absolute Gasteiger partial charge is 0.180 e. The molecule has 4 heteroatoms. The quantitative estimate of drug-likeness (QED) is 0.112. The highest BCUT2D eigenvalue weighted by atomic mass is 28.3. The predicted molar refractivity (Wildman–Crippen MR) is 324 cm³/mol. The summed E-state index contributed by atoms with van der Waals surface area (Å²) in [7, 11) is -5.06. The van der Waals surface area contributed by atoms with Crippen LogP contribution >= 0.6 is 0 Å². The Morgan fingerprint density at radius 2 is 0.513 bits per heavy atom. The highest BCUT2D eigenvalue weighted by Gasteiger charge is 2.50. The molecule has 2 aromatic heterocycles. The van der Waals surface area contributed by atoms with Gasteiger partial charge in [-0.1, -0.05) is 255 Å². The molecule has 0 atom stereocenters. The van der Waals surface area contributed by atoms with Crippen LogP contribution in [-0.4, -0.2) is 26.1 Å². The van der Waals surface area contributed by atoms with Gasteiger partial charge in [0.05, 0.1) is 11.0 Å². The molecule has 0 bridgehead atoms. The minimum absolute atomic E-state index is 0.906. The number of hydrogen-bond acceptors (Lipinski definition) is 2. The first-order valence-electron chi connectivity index (χ1n) is 26.3. The van der Waals surface area contributed by atoms with Crippen molar-refractivity contribution in [2.24, 2.45) is 0 Å². The molecule has 0 radical (unpaired) electrons. The van der Waals surface area contributed by atoms with E-state index in [0.29, 0.717) is 0 Å². The van der Waals surface area contributed by atoms with Crippen molar-refractivity contribution in [2.75, 3.05) is 0 Å². The highest BCUT2D eigenvalue weighted by Crippen LogP contribution is 2.39. The molecule has 0 saturated carbocycles. The minimum atomic E-state index is -2.53. The number of nitrogens with zero attached hydrogens (tertiary/aromatic N) is 2. The van der Waals surface area contributed by atoms with Crippen molar-refractivity contribution in [2.45, 2.75) is 0 Å². The van der Waals surface area contributed by atoms with Gasteiger partial charge in [-0.25, -0.2) is 0 Å². The Balaban J connectivity index is 0.752.